The van der Waals surface area contributed by atoms with Crippen molar-refractivity contribution in [1.82, 2.24) is 20.0 Å². The van der Waals surface area contributed by atoms with E-state index in [0.717, 1.165) is 51.5 Å². The first-order valence-electron chi connectivity index (χ1n) is 11.6. The first-order valence-corrected chi connectivity index (χ1v) is 11.6. The van der Waals surface area contributed by atoms with E-state index in [1.165, 1.54) is 12.8 Å². The monoisotopic (exact) mass is 423 g/mol. The molecule has 174 valence electrons. The molecule has 2 rings (SSSR count). The van der Waals surface area contributed by atoms with Gasteiger partial charge in [0.2, 0.25) is 0 Å². The van der Waals surface area contributed by atoms with Gasteiger partial charge in [-0.05, 0) is 87.2 Å². The third-order valence-electron chi connectivity index (χ3n) is 6.15. The maximum Gasteiger partial charge on any atom is 0.410 e. The fourth-order valence-electron chi connectivity index (χ4n) is 3.50. The SMILES string of the molecule is CCNC(=NCC(C)(C)N(C)C)N1CCC(N(CC2CC2)C(=O)OC(C)(C)C)CC1. The summed E-state index contributed by atoms with van der Waals surface area (Å²) < 4.78 is 5.73. The fraction of sp³-hybridized carbons (Fsp3) is 0.913. The summed E-state index contributed by atoms with van der Waals surface area (Å²) >= 11 is 0. The molecule has 0 bridgehead atoms. The number of nitrogens with zero attached hydrogens (tertiary/aromatic N) is 4. The van der Waals surface area contributed by atoms with Gasteiger partial charge >= 0.3 is 6.09 Å². The van der Waals surface area contributed by atoms with Crippen LogP contribution in [-0.2, 0) is 4.74 Å². The third-order valence-corrected chi connectivity index (χ3v) is 6.15. The number of hydrogen-bond donors (Lipinski definition) is 1. The van der Waals surface area contributed by atoms with Gasteiger partial charge in [0.25, 0.3) is 0 Å². The summed E-state index contributed by atoms with van der Waals surface area (Å²) in [7, 11) is 4.19. The zero-order chi connectivity index (χ0) is 22.5. The zero-order valence-electron chi connectivity index (χ0n) is 20.6. The second kappa shape index (κ2) is 10.2. The Morgan fingerprint density at radius 3 is 2.17 bits per heavy atom. The number of amides is 1. The summed E-state index contributed by atoms with van der Waals surface area (Å²) in [6, 6.07) is 0.248. The molecular weight excluding hydrogens is 378 g/mol. The molecular formula is C23H45N5O2. The number of likely N-dealkylation sites (N-methyl/N-ethyl adjacent to an activating group) is 1. The molecule has 1 N–H and O–H groups in total. The standard InChI is InChI=1S/C23H45N5O2/c1-9-24-20(25-17-23(5,6)26(7)8)27-14-12-19(13-15-27)28(16-18-10-11-18)21(29)30-22(2,3)4/h18-19H,9-17H2,1-8H3,(H,24,25). The van der Waals surface area contributed by atoms with E-state index in [0.29, 0.717) is 5.92 Å². The van der Waals surface area contributed by atoms with Crippen LogP contribution < -0.4 is 5.32 Å². The van der Waals surface area contributed by atoms with Gasteiger partial charge in [-0.2, -0.15) is 0 Å². The van der Waals surface area contributed by atoms with E-state index in [9.17, 15) is 4.79 Å². The second-order valence-corrected chi connectivity index (χ2v) is 10.7. The van der Waals surface area contributed by atoms with E-state index in [1.807, 2.05) is 25.7 Å². The summed E-state index contributed by atoms with van der Waals surface area (Å²) in [5.41, 5.74) is -0.444. The molecule has 0 aromatic carbocycles. The molecule has 1 aliphatic carbocycles. The molecule has 1 saturated heterocycles. The molecule has 0 atom stereocenters. The maximum atomic E-state index is 12.9. The van der Waals surface area contributed by atoms with Crippen LogP contribution >= 0.6 is 0 Å². The number of aliphatic imine (C=N–C) groups is 1. The molecule has 0 aromatic heterocycles. The van der Waals surface area contributed by atoms with Gasteiger partial charge in [-0.15, -0.1) is 0 Å². The van der Waals surface area contributed by atoms with Crippen LogP contribution in [0.2, 0.25) is 0 Å². The Hall–Kier alpha value is -1.50. The minimum absolute atomic E-state index is 0.0107. The van der Waals surface area contributed by atoms with Crippen LogP contribution in [0.15, 0.2) is 4.99 Å². The molecule has 2 fully saturated rings. The maximum absolute atomic E-state index is 12.9. The van der Waals surface area contributed by atoms with Crippen LogP contribution in [0.5, 0.6) is 0 Å². The number of likely N-dealkylation sites (tertiary alicyclic amines) is 1. The predicted octanol–water partition coefficient (Wildman–Crippen LogP) is 3.40. The molecule has 1 saturated carbocycles. The molecule has 0 radical (unpaired) electrons. The second-order valence-electron chi connectivity index (χ2n) is 10.7. The fourth-order valence-corrected chi connectivity index (χ4v) is 3.50. The van der Waals surface area contributed by atoms with Gasteiger partial charge in [-0.25, -0.2) is 4.79 Å². The highest BCUT2D eigenvalue weighted by Crippen LogP contribution is 2.32. The average molecular weight is 424 g/mol. The van der Waals surface area contributed by atoms with Crippen molar-refractivity contribution in [3.8, 4) is 0 Å². The summed E-state index contributed by atoms with van der Waals surface area (Å²) in [6.07, 6.45) is 4.22. The number of rotatable bonds is 7. The molecule has 7 heteroatoms. The van der Waals surface area contributed by atoms with Gasteiger partial charge < -0.3 is 24.8 Å². The highest BCUT2D eigenvalue weighted by Gasteiger charge is 2.35. The summed E-state index contributed by atoms with van der Waals surface area (Å²) in [5, 5.41) is 3.46. The number of nitrogens with one attached hydrogen (secondary N) is 1. The van der Waals surface area contributed by atoms with Crippen molar-refractivity contribution in [3.05, 3.63) is 0 Å². The van der Waals surface area contributed by atoms with Crippen molar-refractivity contribution in [2.24, 2.45) is 10.9 Å². The van der Waals surface area contributed by atoms with Crippen molar-refractivity contribution in [2.45, 2.75) is 84.4 Å². The number of piperidine rings is 1. The first kappa shape index (κ1) is 24.8. The number of ether oxygens (including phenoxy) is 1. The predicted molar refractivity (Wildman–Crippen MR) is 124 cm³/mol. The molecule has 7 nitrogen and oxygen atoms in total. The Bertz CT molecular complexity index is 585. The number of hydrogen-bond acceptors (Lipinski definition) is 4. The average Bonchev–Trinajstić information content (AvgIpc) is 3.46. The Morgan fingerprint density at radius 2 is 1.70 bits per heavy atom. The molecule has 0 aromatic rings. The lowest BCUT2D eigenvalue weighted by Crippen LogP contribution is -2.53. The van der Waals surface area contributed by atoms with E-state index in [2.05, 4.69) is 50.0 Å². The van der Waals surface area contributed by atoms with Gasteiger partial charge in [0, 0.05) is 37.8 Å². The van der Waals surface area contributed by atoms with E-state index < -0.39 is 5.60 Å². The van der Waals surface area contributed by atoms with Gasteiger partial charge in [0.1, 0.15) is 5.60 Å². The highest BCUT2D eigenvalue weighted by atomic mass is 16.6. The van der Waals surface area contributed by atoms with Crippen LogP contribution in [-0.4, -0.2) is 90.8 Å². The van der Waals surface area contributed by atoms with Crippen LogP contribution in [0.25, 0.3) is 0 Å². The number of carbonyl (C=O) groups excluding carboxylic acids is 1. The zero-order valence-corrected chi connectivity index (χ0v) is 20.6. The largest absolute Gasteiger partial charge is 0.444 e. The quantitative estimate of drug-likeness (QED) is 0.502. The molecule has 1 heterocycles. The van der Waals surface area contributed by atoms with Gasteiger partial charge in [0.15, 0.2) is 5.96 Å². The molecule has 0 spiro atoms. The van der Waals surface area contributed by atoms with Crippen LogP contribution in [0.4, 0.5) is 4.79 Å². The van der Waals surface area contributed by atoms with E-state index in [4.69, 9.17) is 9.73 Å². The first-order chi connectivity index (χ1) is 13.9. The molecule has 1 aliphatic heterocycles. The minimum atomic E-state index is -0.455. The summed E-state index contributed by atoms with van der Waals surface area (Å²) in [4.78, 5) is 24.4. The topological polar surface area (TPSA) is 60.4 Å². The van der Waals surface area contributed by atoms with Gasteiger partial charge in [-0.1, -0.05) is 0 Å². The lowest BCUT2D eigenvalue weighted by molar-refractivity contribution is 0.00927. The molecule has 0 unspecified atom stereocenters. The Balaban J connectivity index is 2.00. The van der Waals surface area contributed by atoms with E-state index >= 15 is 0 Å². The summed E-state index contributed by atoms with van der Waals surface area (Å²) in [6.45, 7) is 16.6. The van der Waals surface area contributed by atoms with Crippen molar-refractivity contribution in [1.29, 1.82) is 0 Å². The smallest absolute Gasteiger partial charge is 0.410 e. The van der Waals surface area contributed by atoms with Crippen molar-refractivity contribution < 1.29 is 9.53 Å². The minimum Gasteiger partial charge on any atom is -0.444 e. The van der Waals surface area contributed by atoms with Crippen molar-refractivity contribution >= 4 is 12.1 Å². The molecule has 2 aliphatic rings. The molecule has 30 heavy (non-hydrogen) atoms. The van der Waals surface area contributed by atoms with Crippen LogP contribution in [0.3, 0.4) is 0 Å². The number of guanidine groups is 1. The highest BCUT2D eigenvalue weighted by molar-refractivity contribution is 5.80. The number of carbonyl (C=O) groups is 1. The summed E-state index contributed by atoms with van der Waals surface area (Å²) in [5.74, 6) is 1.64. The lowest BCUT2D eigenvalue weighted by Gasteiger charge is -2.40. The normalized spacial score (nSPS) is 19.2. The third kappa shape index (κ3) is 7.64. The van der Waals surface area contributed by atoms with Crippen LogP contribution in [0.1, 0.15) is 67.2 Å². The molecule has 1 amide bonds. The van der Waals surface area contributed by atoms with Gasteiger partial charge in [0.05, 0.1) is 6.54 Å². The van der Waals surface area contributed by atoms with Gasteiger partial charge in [-0.3, -0.25) is 4.99 Å². The van der Waals surface area contributed by atoms with E-state index in [1.54, 1.807) is 0 Å². The van der Waals surface area contributed by atoms with Crippen molar-refractivity contribution in [2.75, 3.05) is 46.8 Å². The lowest BCUT2D eigenvalue weighted by atomic mass is 10.0. The Morgan fingerprint density at radius 1 is 1.10 bits per heavy atom. The van der Waals surface area contributed by atoms with Crippen molar-refractivity contribution in [3.63, 3.8) is 0 Å². The Labute approximate surface area is 184 Å². The Kier molecular flexibility index (Phi) is 8.43. The van der Waals surface area contributed by atoms with Crippen LogP contribution in [0, 0.1) is 5.92 Å². The van der Waals surface area contributed by atoms with E-state index in [-0.39, 0.29) is 17.7 Å².